The van der Waals surface area contributed by atoms with Gasteiger partial charge in [0.15, 0.2) is 0 Å². The van der Waals surface area contributed by atoms with Crippen LogP contribution in [0.2, 0.25) is 0 Å². The van der Waals surface area contributed by atoms with E-state index in [1.807, 2.05) is 11.0 Å². The third-order valence-electron chi connectivity index (χ3n) is 3.84. The van der Waals surface area contributed by atoms with E-state index in [1.165, 1.54) is 5.56 Å². The summed E-state index contributed by atoms with van der Waals surface area (Å²) in [5.41, 5.74) is 2.32. The van der Waals surface area contributed by atoms with Crippen molar-refractivity contribution in [1.82, 2.24) is 10.2 Å². The van der Waals surface area contributed by atoms with Gasteiger partial charge in [-0.05, 0) is 30.5 Å². The Morgan fingerprint density at radius 1 is 1.33 bits per heavy atom. The standard InChI is InChI=1S/C17H26N2O2/c1-13(2)18-11-14-7-8-16(21-3)15(10-14)12-19-9-5-4-6-17(19)20/h7-8,10,13,18H,4-6,9,11-12H2,1-3H3. The topological polar surface area (TPSA) is 41.6 Å². The molecule has 0 saturated carbocycles. The monoisotopic (exact) mass is 290 g/mol. The van der Waals surface area contributed by atoms with E-state index in [-0.39, 0.29) is 5.91 Å². The highest BCUT2D eigenvalue weighted by Gasteiger charge is 2.19. The van der Waals surface area contributed by atoms with Crippen molar-refractivity contribution in [3.8, 4) is 5.75 Å². The van der Waals surface area contributed by atoms with Gasteiger partial charge in [-0.25, -0.2) is 0 Å². The van der Waals surface area contributed by atoms with Crippen LogP contribution in [0.3, 0.4) is 0 Å². The number of carbonyl (C=O) groups is 1. The summed E-state index contributed by atoms with van der Waals surface area (Å²) < 4.78 is 5.44. The maximum absolute atomic E-state index is 12.0. The van der Waals surface area contributed by atoms with Crippen molar-refractivity contribution in [2.75, 3.05) is 13.7 Å². The highest BCUT2D eigenvalue weighted by atomic mass is 16.5. The minimum Gasteiger partial charge on any atom is -0.496 e. The second-order valence-electron chi connectivity index (χ2n) is 5.95. The van der Waals surface area contributed by atoms with Crippen LogP contribution in [0.1, 0.15) is 44.2 Å². The molecule has 0 atom stereocenters. The van der Waals surface area contributed by atoms with Crippen molar-refractivity contribution in [2.45, 2.75) is 52.2 Å². The summed E-state index contributed by atoms with van der Waals surface area (Å²) in [6.07, 6.45) is 2.80. The fourth-order valence-corrected chi connectivity index (χ4v) is 2.62. The van der Waals surface area contributed by atoms with Crippen molar-refractivity contribution in [2.24, 2.45) is 0 Å². The number of hydrogen-bond acceptors (Lipinski definition) is 3. The van der Waals surface area contributed by atoms with E-state index in [1.54, 1.807) is 7.11 Å². The second kappa shape index (κ2) is 7.46. The van der Waals surface area contributed by atoms with Crippen LogP contribution in [-0.4, -0.2) is 30.5 Å². The number of hydrogen-bond donors (Lipinski definition) is 1. The van der Waals surface area contributed by atoms with Crippen molar-refractivity contribution in [3.05, 3.63) is 29.3 Å². The van der Waals surface area contributed by atoms with Gasteiger partial charge in [-0.2, -0.15) is 0 Å². The van der Waals surface area contributed by atoms with Crippen LogP contribution < -0.4 is 10.1 Å². The molecule has 1 aliphatic rings. The van der Waals surface area contributed by atoms with E-state index in [9.17, 15) is 4.79 Å². The first kappa shape index (κ1) is 15.8. The number of ether oxygens (including phenoxy) is 1. The molecule has 1 saturated heterocycles. The minimum atomic E-state index is 0.258. The van der Waals surface area contributed by atoms with Crippen molar-refractivity contribution >= 4 is 5.91 Å². The molecule has 2 rings (SSSR count). The van der Waals surface area contributed by atoms with Crippen molar-refractivity contribution in [1.29, 1.82) is 0 Å². The van der Waals surface area contributed by atoms with Gasteiger partial charge in [-0.3, -0.25) is 4.79 Å². The molecule has 0 aliphatic carbocycles. The molecule has 0 aromatic heterocycles. The molecular formula is C17H26N2O2. The summed E-state index contributed by atoms with van der Waals surface area (Å²) in [6.45, 7) is 6.62. The van der Waals surface area contributed by atoms with Gasteiger partial charge in [0.2, 0.25) is 5.91 Å². The predicted octanol–water partition coefficient (Wildman–Crippen LogP) is 2.71. The Morgan fingerprint density at radius 2 is 2.14 bits per heavy atom. The van der Waals surface area contributed by atoms with Gasteiger partial charge in [-0.15, -0.1) is 0 Å². The second-order valence-corrected chi connectivity index (χ2v) is 5.95. The number of rotatable bonds is 6. The predicted molar refractivity (Wildman–Crippen MR) is 84.2 cm³/mol. The van der Waals surface area contributed by atoms with Crippen LogP contribution in [0, 0.1) is 0 Å². The molecular weight excluding hydrogens is 264 g/mol. The maximum Gasteiger partial charge on any atom is 0.222 e. The summed E-state index contributed by atoms with van der Waals surface area (Å²) in [6, 6.07) is 6.69. The smallest absolute Gasteiger partial charge is 0.222 e. The van der Waals surface area contributed by atoms with Crippen molar-refractivity contribution < 1.29 is 9.53 Å². The van der Waals surface area contributed by atoms with Gasteiger partial charge in [-0.1, -0.05) is 19.9 Å². The third-order valence-corrected chi connectivity index (χ3v) is 3.84. The van der Waals surface area contributed by atoms with Gasteiger partial charge in [0.1, 0.15) is 5.75 Å². The number of amides is 1. The Morgan fingerprint density at radius 3 is 2.81 bits per heavy atom. The molecule has 1 heterocycles. The first-order valence-corrected chi connectivity index (χ1v) is 7.77. The van der Waals surface area contributed by atoms with Gasteiger partial charge >= 0.3 is 0 Å². The highest BCUT2D eigenvalue weighted by molar-refractivity contribution is 5.76. The lowest BCUT2D eigenvalue weighted by Crippen LogP contribution is -2.34. The molecule has 21 heavy (non-hydrogen) atoms. The van der Waals surface area contributed by atoms with Gasteiger partial charge in [0.05, 0.1) is 7.11 Å². The molecule has 116 valence electrons. The minimum absolute atomic E-state index is 0.258. The van der Waals surface area contributed by atoms with Gasteiger partial charge in [0, 0.05) is 37.7 Å². The number of piperidine rings is 1. The molecule has 1 N–H and O–H groups in total. The highest BCUT2D eigenvalue weighted by Crippen LogP contribution is 2.23. The van der Waals surface area contributed by atoms with Crippen LogP contribution >= 0.6 is 0 Å². The first-order valence-electron chi connectivity index (χ1n) is 7.77. The average Bonchev–Trinajstić information content (AvgIpc) is 2.47. The van der Waals surface area contributed by atoms with E-state index in [0.29, 0.717) is 19.0 Å². The van der Waals surface area contributed by atoms with E-state index < -0.39 is 0 Å². The molecule has 1 aliphatic heterocycles. The lowest BCUT2D eigenvalue weighted by Gasteiger charge is -2.27. The Hall–Kier alpha value is -1.55. The molecule has 1 aromatic carbocycles. The summed E-state index contributed by atoms with van der Waals surface area (Å²) in [5, 5.41) is 3.42. The third kappa shape index (κ3) is 4.46. The number of likely N-dealkylation sites (tertiary alicyclic amines) is 1. The number of methoxy groups -OCH3 is 1. The normalized spacial score (nSPS) is 15.6. The molecule has 4 heteroatoms. The fraction of sp³-hybridized carbons (Fsp3) is 0.588. The van der Waals surface area contributed by atoms with Crippen LogP contribution in [-0.2, 0) is 17.9 Å². The Kier molecular flexibility index (Phi) is 5.62. The number of carbonyl (C=O) groups excluding carboxylic acids is 1. The Balaban J connectivity index is 2.11. The molecule has 4 nitrogen and oxygen atoms in total. The lowest BCUT2D eigenvalue weighted by atomic mass is 10.1. The zero-order valence-corrected chi connectivity index (χ0v) is 13.3. The number of nitrogens with one attached hydrogen (secondary N) is 1. The van der Waals surface area contributed by atoms with E-state index in [0.717, 1.165) is 37.2 Å². The number of nitrogens with zero attached hydrogens (tertiary/aromatic N) is 1. The average molecular weight is 290 g/mol. The largest absolute Gasteiger partial charge is 0.496 e. The SMILES string of the molecule is COc1ccc(CNC(C)C)cc1CN1CCCCC1=O. The summed E-state index contributed by atoms with van der Waals surface area (Å²) in [7, 11) is 1.68. The fourth-order valence-electron chi connectivity index (χ4n) is 2.62. The zero-order valence-electron chi connectivity index (χ0n) is 13.3. The molecule has 0 spiro atoms. The quantitative estimate of drug-likeness (QED) is 0.876. The summed E-state index contributed by atoms with van der Waals surface area (Å²) in [5.74, 6) is 1.12. The van der Waals surface area contributed by atoms with Gasteiger partial charge in [0.25, 0.3) is 0 Å². The maximum atomic E-state index is 12.0. The Labute approximate surface area is 127 Å². The molecule has 0 radical (unpaired) electrons. The van der Waals surface area contributed by atoms with Crippen LogP contribution in [0.5, 0.6) is 5.75 Å². The molecule has 1 fully saturated rings. The van der Waals surface area contributed by atoms with E-state index in [2.05, 4.69) is 31.3 Å². The first-order chi connectivity index (χ1) is 10.1. The van der Waals surface area contributed by atoms with Crippen LogP contribution in [0.15, 0.2) is 18.2 Å². The van der Waals surface area contributed by atoms with E-state index in [4.69, 9.17) is 4.74 Å². The van der Waals surface area contributed by atoms with E-state index >= 15 is 0 Å². The Bertz CT molecular complexity index is 486. The number of benzene rings is 1. The molecule has 1 aromatic rings. The zero-order chi connectivity index (χ0) is 15.2. The van der Waals surface area contributed by atoms with Crippen LogP contribution in [0.25, 0.3) is 0 Å². The molecule has 1 amide bonds. The van der Waals surface area contributed by atoms with Gasteiger partial charge < -0.3 is 15.0 Å². The summed E-state index contributed by atoms with van der Waals surface area (Å²) >= 11 is 0. The summed E-state index contributed by atoms with van der Waals surface area (Å²) in [4.78, 5) is 13.9. The molecule has 0 bridgehead atoms. The van der Waals surface area contributed by atoms with Crippen molar-refractivity contribution in [3.63, 3.8) is 0 Å². The van der Waals surface area contributed by atoms with Crippen LogP contribution in [0.4, 0.5) is 0 Å². The molecule has 0 unspecified atom stereocenters. The lowest BCUT2D eigenvalue weighted by molar-refractivity contribution is -0.133.